The van der Waals surface area contributed by atoms with E-state index in [1.54, 1.807) is 6.92 Å². The van der Waals surface area contributed by atoms with Crippen molar-refractivity contribution in [2.75, 3.05) is 0 Å². The highest BCUT2D eigenvalue weighted by Gasteiger charge is 2.40. The fourth-order valence-corrected chi connectivity index (χ4v) is 3.09. The SMILES string of the molecule is CCCCC1=NC(C)CC(C)(C)C1C(C)=O. The zero-order chi connectivity index (χ0) is 12.3. The Morgan fingerprint density at radius 2 is 2.12 bits per heavy atom. The molecule has 0 amide bonds. The zero-order valence-corrected chi connectivity index (χ0v) is 11.3. The van der Waals surface area contributed by atoms with Crippen LogP contribution in [-0.2, 0) is 4.79 Å². The lowest BCUT2D eigenvalue weighted by atomic mass is 9.68. The monoisotopic (exact) mass is 223 g/mol. The number of carbonyl (C=O) groups is 1. The molecule has 92 valence electrons. The second-order valence-electron chi connectivity index (χ2n) is 5.81. The predicted octanol–water partition coefficient (Wildman–Crippen LogP) is 3.64. The van der Waals surface area contributed by atoms with E-state index in [1.165, 1.54) is 6.42 Å². The van der Waals surface area contributed by atoms with Crippen LogP contribution < -0.4 is 0 Å². The number of unbranched alkanes of at least 4 members (excludes halogenated alkanes) is 1. The van der Waals surface area contributed by atoms with Gasteiger partial charge in [-0.2, -0.15) is 0 Å². The van der Waals surface area contributed by atoms with E-state index in [0.29, 0.717) is 6.04 Å². The van der Waals surface area contributed by atoms with Gasteiger partial charge in [0.15, 0.2) is 0 Å². The minimum Gasteiger partial charge on any atom is -0.299 e. The van der Waals surface area contributed by atoms with Crippen LogP contribution in [0.5, 0.6) is 0 Å². The van der Waals surface area contributed by atoms with Gasteiger partial charge in [-0.3, -0.25) is 9.79 Å². The highest BCUT2D eigenvalue weighted by Crippen LogP contribution is 2.39. The van der Waals surface area contributed by atoms with Crippen molar-refractivity contribution in [1.82, 2.24) is 0 Å². The molecule has 0 N–H and O–H groups in total. The molecule has 2 nitrogen and oxygen atoms in total. The van der Waals surface area contributed by atoms with Gasteiger partial charge < -0.3 is 0 Å². The van der Waals surface area contributed by atoms with E-state index < -0.39 is 0 Å². The Kier molecular flexibility index (Phi) is 4.28. The molecule has 0 aromatic heterocycles. The van der Waals surface area contributed by atoms with Crippen molar-refractivity contribution in [2.24, 2.45) is 16.3 Å². The van der Waals surface area contributed by atoms with Crippen molar-refractivity contribution in [2.45, 2.75) is 66.3 Å². The summed E-state index contributed by atoms with van der Waals surface area (Å²) in [4.78, 5) is 16.5. The fraction of sp³-hybridized carbons (Fsp3) is 0.857. The molecule has 16 heavy (non-hydrogen) atoms. The molecule has 0 bridgehead atoms. The van der Waals surface area contributed by atoms with Gasteiger partial charge in [0.2, 0.25) is 0 Å². The second kappa shape index (κ2) is 5.11. The molecular formula is C14H25NO. The molecule has 1 heterocycles. The van der Waals surface area contributed by atoms with Gasteiger partial charge in [0.25, 0.3) is 0 Å². The third kappa shape index (κ3) is 2.93. The number of carbonyl (C=O) groups excluding carboxylic acids is 1. The molecule has 1 rings (SSSR count). The van der Waals surface area contributed by atoms with Crippen molar-refractivity contribution in [3.05, 3.63) is 0 Å². The molecule has 1 aliphatic heterocycles. The van der Waals surface area contributed by atoms with Gasteiger partial charge in [0.05, 0.1) is 5.92 Å². The molecule has 2 unspecified atom stereocenters. The number of nitrogens with zero attached hydrogens (tertiary/aromatic N) is 1. The van der Waals surface area contributed by atoms with Gasteiger partial charge in [-0.1, -0.05) is 27.2 Å². The van der Waals surface area contributed by atoms with Crippen LogP contribution in [0.2, 0.25) is 0 Å². The lowest BCUT2D eigenvalue weighted by Crippen LogP contribution is -2.42. The van der Waals surface area contributed by atoms with E-state index in [0.717, 1.165) is 25.0 Å². The Morgan fingerprint density at radius 3 is 2.62 bits per heavy atom. The number of ketones is 1. The topological polar surface area (TPSA) is 29.4 Å². The minimum atomic E-state index is 0.0512. The average Bonchev–Trinajstić information content (AvgIpc) is 2.10. The highest BCUT2D eigenvalue weighted by molar-refractivity contribution is 6.05. The van der Waals surface area contributed by atoms with E-state index >= 15 is 0 Å². The molecular weight excluding hydrogens is 198 g/mol. The summed E-state index contributed by atoms with van der Waals surface area (Å²) in [5.74, 6) is 0.335. The molecule has 0 radical (unpaired) electrons. The van der Waals surface area contributed by atoms with Crippen LogP contribution in [0, 0.1) is 11.3 Å². The van der Waals surface area contributed by atoms with Crippen LogP contribution in [0.4, 0.5) is 0 Å². The Bertz CT molecular complexity index is 291. The first kappa shape index (κ1) is 13.4. The molecule has 0 fully saturated rings. The Balaban J connectivity index is 2.94. The average molecular weight is 223 g/mol. The summed E-state index contributed by atoms with van der Waals surface area (Å²) in [7, 11) is 0. The van der Waals surface area contributed by atoms with Crippen LogP contribution in [-0.4, -0.2) is 17.5 Å². The smallest absolute Gasteiger partial charge is 0.139 e. The predicted molar refractivity (Wildman–Crippen MR) is 69.0 cm³/mol. The third-order valence-electron chi connectivity index (χ3n) is 3.52. The van der Waals surface area contributed by atoms with Gasteiger partial charge in [0.1, 0.15) is 5.78 Å². The van der Waals surface area contributed by atoms with Gasteiger partial charge in [-0.15, -0.1) is 0 Å². The number of hydrogen-bond acceptors (Lipinski definition) is 2. The molecule has 2 heteroatoms. The van der Waals surface area contributed by atoms with E-state index in [1.807, 2.05) is 0 Å². The first-order valence-corrected chi connectivity index (χ1v) is 6.45. The van der Waals surface area contributed by atoms with Gasteiger partial charge in [-0.25, -0.2) is 0 Å². The van der Waals surface area contributed by atoms with E-state index in [-0.39, 0.29) is 17.1 Å². The molecule has 0 aromatic rings. The minimum absolute atomic E-state index is 0.0512. The lowest BCUT2D eigenvalue weighted by molar-refractivity contribution is -0.121. The van der Waals surface area contributed by atoms with Gasteiger partial charge in [0, 0.05) is 11.8 Å². The van der Waals surface area contributed by atoms with Crippen molar-refractivity contribution in [1.29, 1.82) is 0 Å². The summed E-state index contributed by atoms with van der Waals surface area (Å²) in [6.07, 6.45) is 4.32. The molecule has 0 saturated heterocycles. The normalized spacial score (nSPS) is 28.7. The summed E-state index contributed by atoms with van der Waals surface area (Å²) in [5, 5.41) is 0. The largest absolute Gasteiger partial charge is 0.299 e. The Morgan fingerprint density at radius 1 is 1.50 bits per heavy atom. The first-order valence-electron chi connectivity index (χ1n) is 6.45. The number of aliphatic imine (C=N–C) groups is 1. The maximum atomic E-state index is 11.8. The maximum Gasteiger partial charge on any atom is 0.139 e. The van der Waals surface area contributed by atoms with Gasteiger partial charge in [-0.05, 0) is 38.5 Å². The zero-order valence-electron chi connectivity index (χ0n) is 11.3. The fourth-order valence-electron chi connectivity index (χ4n) is 3.09. The van der Waals surface area contributed by atoms with Crippen LogP contribution >= 0.6 is 0 Å². The van der Waals surface area contributed by atoms with Gasteiger partial charge >= 0.3 is 0 Å². The number of Topliss-reactive ketones (excluding diaryl/α,β-unsaturated/α-hetero) is 1. The molecule has 1 aliphatic rings. The molecule has 0 aromatic carbocycles. The summed E-state index contributed by atoms with van der Waals surface area (Å²) in [6.45, 7) is 10.5. The summed E-state index contributed by atoms with van der Waals surface area (Å²) >= 11 is 0. The number of hydrogen-bond donors (Lipinski definition) is 0. The van der Waals surface area contributed by atoms with E-state index in [9.17, 15) is 4.79 Å². The first-order chi connectivity index (χ1) is 7.38. The summed E-state index contributed by atoms with van der Waals surface area (Å²) in [5.41, 5.74) is 1.23. The molecule has 0 aliphatic carbocycles. The number of rotatable bonds is 4. The third-order valence-corrected chi connectivity index (χ3v) is 3.52. The quantitative estimate of drug-likeness (QED) is 0.715. The van der Waals surface area contributed by atoms with Crippen LogP contribution in [0.25, 0.3) is 0 Å². The van der Waals surface area contributed by atoms with E-state index in [2.05, 4.69) is 27.7 Å². The standard InChI is InChI=1S/C14H25NO/c1-6-7-8-12-13(11(3)16)14(4,5)9-10(2)15-12/h10,13H,6-9H2,1-5H3. The van der Waals surface area contributed by atoms with Crippen LogP contribution in [0.3, 0.4) is 0 Å². The summed E-state index contributed by atoms with van der Waals surface area (Å²) in [6, 6.07) is 0.373. The second-order valence-corrected chi connectivity index (χ2v) is 5.81. The van der Waals surface area contributed by atoms with Crippen molar-refractivity contribution in [3.63, 3.8) is 0 Å². The maximum absolute atomic E-state index is 11.8. The molecule has 0 spiro atoms. The van der Waals surface area contributed by atoms with Crippen molar-refractivity contribution >= 4 is 11.5 Å². The van der Waals surface area contributed by atoms with Crippen molar-refractivity contribution in [3.8, 4) is 0 Å². The van der Waals surface area contributed by atoms with Crippen molar-refractivity contribution < 1.29 is 4.79 Å². The Labute approximate surface area is 99.5 Å². The lowest BCUT2D eigenvalue weighted by Gasteiger charge is -2.39. The van der Waals surface area contributed by atoms with Crippen LogP contribution in [0.1, 0.15) is 60.3 Å². The highest BCUT2D eigenvalue weighted by atomic mass is 16.1. The molecule has 2 atom stereocenters. The van der Waals surface area contributed by atoms with E-state index in [4.69, 9.17) is 4.99 Å². The summed E-state index contributed by atoms with van der Waals surface area (Å²) < 4.78 is 0. The Hall–Kier alpha value is -0.660. The van der Waals surface area contributed by atoms with Crippen LogP contribution in [0.15, 0.2) is 4.99 Å². The molecule has 0 saturated carbocycles.